The molecule has 0 atom stereocenters. The molecule has 0 aromatic heterocycles. The van der Waals surface area contributed by atoms with Gasteiger partial charge in [-0.2, -0.15) is 0 Å². The molecular weight excluding hydrogens is 360 g/mol. The largest absolute Gasteiger partial charge is 0.496 e. The molecule has 3 rings (SSSR count). The van der Waals surface area contributed by atoms with Crippen molar-refractivity contribution < 1.29 is 9.53 Å². The van der Waals surface area contributed by atoms with Crippen LogP contribution in [0.5, 0.6) is 5.75 Å². The fourth-order valence-electron chi connectivity index (χ4n) is 3.49. The number of benzene rings is 3. The van der Waals surface area contributed by atoms with E-state index in [9.17, 15) is 4.79 Å². The summed E-state index contributed by atoms with van der Waals surface area (Å²) in [5.41, 5.74) is 5.53. The fourth-order valence-corrected chi connectivity index (χ4v) is 3.49. The molecule has 0 unspecified atom stereocenters. The van der Waals surface area contributed by atoms with Crippen LogP contribution in [0, 0.1) is 0 Å². The van der Waals surface area contributed by atoms with Crippen molar-refractivity contribution in [3.63, 3.8) is 0 Å². The number of ketones is 1. The van der Waals surface area contributed by atoms with Crippen molar-refractivity contribution in [2.75, 3.05) is 45.1 Å². The van der Waals surface area contributed by atoms with E-state index in [1.54, 1.807) is 7.11 Å². The summed E-state index contributed by atoms with van der Waals surface area (Å²) in [5, 5.41) is 0. The zero-order valence-corrected chi connectivity index (χ0v) is 17.8. The van der Waals surface area contributed by atoms with E-state index >= 15 is 0 Å². The van der Waals surface area contributed by atoms with Crippen molar-refractivity contribution in [1.29, 1.82) is 0 Å². The standard InChI is InChI=1S/C25H28N2O2/c1-26(2)20-13-11-19(12-14-20)24(28)21-15-16-23(27(3)4)22(25(21)29-5)17-18-9-7-6-8-10-18/h6-16H,17H2,1-5H3. The molecule has 0 heterocycles. The second kappa shape index (κ2) is 8.82. The topological polar surface area (TPSA) is 32.8 Å². The first kappa shape index (κ1) is 20.5. The molecular formula is C25H28N2O2. The normalized spacial score (nSPS) is 10.5. The highest BCUT2D eigenvalue weighted by Gasteiger charge is 2.21. The Bertz CT molecular complexity index is 978. The van der Waals surface area contributed by atoms with Gasteiger partial charge in [-0.15, -0.1) is 0 Å². The second-order valence-electron chi connectivity index (χ2n) is 7.47. The number of carbonyl (C=O) groups excluding carboxylic acids is 1. The van der Waals surface area contributed by atoms with E-state index in [0.717, 1.165) is 16.9 Å². The van der Waals surface area contributed by atoms with E-state index in [0.29, 0.717) is 23.3 Å². The van der Waals surface area contributed by atoms with Crippen LogP contribution in [0.15, 0.2) is 66.7 Å². The first-order chi connectivity index (χ1) is 13.9. The molecule has 0 saturated carbocycles. The Balaban J connectivity index is 2.07. The van der Waals surface area contributed by atoms with Gasteiger partial charge in [-0.1, -0.05) is 30.3 Å². The van der Waals surface area contributed by atoms with Gasteiger partial charge in [0, 0.05) is 57.1 Å². The van der Waals surface area contributed by atoms with Gasteiger partial charge in [-0.05, 0) is 42.0 Å². The minimum Gasteiger partial charge on any atom is -0.496 e. The predicted octanol–water partition coefficient (Wildman–Crippen LogP) is 4.65. The first-order valence-corrected chi connectivity index (χ1v) is 9.65. The minimum absolute atomic E-state index is 0.0354. The van der Waals surface area contributed by atoms with Crippen LogP contribution in [0.25, 0.3) is 0 Å². The van der Waals surface area contributed by atoms with Gasteiger partial charge in [0.05, 0.1) is 12.7 Å². The lowest BCUT2D eigenvalue weighted by atomic mass is 9.94. The Morgan fingerprint density at radius 2 is 1.48 bits per heavy atom. The predicted molar refractivity (Wildman–Crippen MR) is 121 cm³/mol. The highest BCUT2D eigenvalue weighted by Crippen LogP contribution is 2.35. The van der Waals surface area contributed by atoms with Gasteiger partial charge in [0.15, 0.2) is 5.78 Å². The minimum atomic E-state index is -0.0354. The van der Waals surface area contributed by atoms with Gasteiger partial charge in [0.1, 0.15) is 5.75 Å². The van der Waals surface area contributed by atoms with Crippen LogP contribution in [0.3, 0.4) is 0 Å². The molecule has 0 amide bonds. The van der Waals surface area contributed by atoms with Gasteiger partial charge in [-0.25, -0.2) is 0 Å². The highest BCUT2D eigenvalue weighted by atomic mass is 16.5. The number of hydrogen-bond acceptors (Lipinski definition) is 4. The van der Waals surface area contributed by atoms with Crippen molar-refractivity contribution in [3.8, 4) is 5.75 Å². The van der Waals surface area contributed by atoms with Crippen molar-refractivity contribution >= 4 is 17.2 Å². The maximum atomic E-state index is 13.3. The zero-order valence-electron chi connectivity index (χ0n) is 17.8. The molecule has 4 heteroatoms. The Labute approximate surface area is 173 Å². The summed E-state index contributed by atoms with van der Waals surface area (Å²) in [6, 6.07) is 21.8. The van der Waals surface area contributed by atoms with E-state index < -0.39 is 0 Å². The second-order valence-corrected chi connectivity index (χ2v) is 7.47. The number of anilines is 2. The molecule has 3 aromatic carbocycles. The molecule has 0 spiro atoms. The molecule has 0 bridgehead atoms. The third-order valence-corrected chi connectivity index (χ3v) is 5.04. The number of carbonyl (C=O) groups is 1. The number of ether oxygens (including phenoxy) is 1. The van der Waals surface area contributed by atoms with Crippen molar-refractivity contribution in [2.45, 2.75) is 6.42 Å². The molecule has 4 nitrogen and oxygen atoms in total. The van der Waals surface area contributed by atoms with Crippen molar-refractivity contribution in [3.05, 3.63) is 89.0 Å². The van der Waals surface area contributed by atoms with E-state index in [4.69, 9.17) is 4.74 Å². The molecule has 0 saturated heterocycles. The third-order valence-electron chi connectivity index (χ3n) is 5.04. The average molecular weight is 389 g/mol. The average Bonchev–Trinajstić information content (AvgIpc) is 2.73. The number of methoxy groups -OCH3 is 1. The molecule has 29 heavy (non-hydrogen) atoms. The Morgan fingerprint density at radius 1 is 0.828 bits per heavy atom. The van der Waals surface area contributed by atoms with E-state index in [2.05, 4.69) is 17.0 Å². The molecule has 3 aromatic rings. The molecule has 150 valence electrons. The number of nitrogens with zero attached hydrogens (tertiary/aromatic N) is 2. The van der Waals surface area contributed by atoms with Gasteiger partial charge in [0.2, 0.25) is 0 Å². The lowest BCUT2D eigenvalue weighted by Crippen LogP contribution is -2.15. The third kappa shape index (κ3) is 4.43. The summed E-state index contributed by atoms with van der Waals surface area (Å²) in [7, 11) is 9.61. The summed E-state index contributed by atoms with van der Waals surface area (Å²) in [6.07, 6.45) is 0.693. The van der Waals surface area contributed by atoms with Crippen LogP contribution in [0.2, 0.25) is 0 Å². The summed E-state index contributed by atoms with van der Waals surface area (Å²) in [6.45, 7) is 0. The van der Waals surface area contributed by atoms with Crippen LogP contribution in [0.1, 0.15) is 27.0 Å². The number of rotatable bonds is 7. The van der Waals surface area contributed by atoms with E-state index in [1.807, 2.05) is 87.7 Å². The SMILES string of the molecule is COc1c(C(=O)c2ccc(N(C)C)cc2)ccc(N(C)C)c1Cc1ccccc1. The van der Waals surface area contributed by atoms with Crippen LogP contribution in [0.4, 0.5) is 11.4 Å². The van der Waals surface area contributed by atoms with Crippen molar-refractivity contribution in [2.24, 2.45) is 0 Å². The molecule has 0 aliphatic heterocycles. The fraction of sp³-hybridized carbons (Fsp3) is 0.240. The van der Waals surface area contributed by atoms with Gasteiger partial charge in [0.25, 0.3) is 0 Å². The molecule has 0 aliphatic rings. The summed E-state index contributed by atoms with van der Waals surface area (Å²) < 4.78 is 5.79. The van der Waals surface area contributed by atoms with Gasteiger partial charge < -0.3 is 14.5 Å². The van der Waals surface area contributed by atoms with Crippen LogP contribution < -0.4 is 14.5 Å². The Morgan fingerprint density at radius 3 is 2.03 bits per heavy atom. The molecule has 0 fully saturated rings. The maximum Gasteiger partial charge on any atom is 0.196 e. The van der Waals surface area contributed by atoms with Crippen LogP contribution in [-0.4, -0.2) is 41.1 Å². The summed E-state index contributed by atoms with van der Waals surface area (Å²) in [5.74, 6) is 0.605. The van der Waals surface area contributed by atoms with Gasteiger partial charge >= 0.3 is 0 Å². The first-order valence-electron chi connectivity index (χ1n) is 9.65. The monoisotopic (exact) mass is 388 g/mol. The molecule has 0 N–H and O–H groups in total. The molecule has 0 aliphatic carbocycles. The number of hydrogen-bond donors (Lipinski definition) is 0. The smallest absolute Gasteiger partial charge is 0.196 e. The van der Waals surface area contributed by atoms with E-state index in [1.165, 1.54) is 5.56 Å². The highest BCUT2D eigenvalue weighted by molar-refractivity contribution is 6.11. The van der Waals surface area contributed by atoms with Crippen LogP contribution in [-0.2, 0) is 6.42 Å². The van der Waals surface area contributed by atoms with E-state index in [-0.39, 0.29) is 5.78 Å². The Kier molecular flexibility index (Phi) is 6.23. The quantitative estimate of drug-likeness (QED) is 0.552. The van der Waals surface area contributed by atoms with Crippen molar-refractivity contribution in [1.82, 2.24) is 0 Å². The van der Waals surface area contributed by atoms with Gasteiger partial charge in [-0.3, -0.25) is 4.79 Å². The Hall–Kier alpha value is -3.27. The molecule has 0 radical (unpaired) electrons. The summed E-state index contributed by atoms with van der Waals surface area (Å²) >= 11 is 0. The lowest BCUT2D eigenvalue weighted by molar-refractivity contribution is 0.103. The zero-order chi connectivity index (χ0) is 21.0. The summed E-state index contributed by atoms with van der Waals surface area (Å²) in [4.78, 5) is 17.4. The maximum absolute atomic E-state index is 13.3. The lowest BCUT2D eigenvalue weighted by Gasteiger charge is -2.22. The van der Waals surface area contributed by atoms with Crippen LogP contribution >= 0.6 is 0 Å².